The maximum absolute atomic E-state index is 14.2. The molecule has 330 valence electrons. The summed E-state index contributed by atoms with van der Waals surface area (Å²) < 4.78 is 29.4. The number of carbonyl (C=O) groups is 4. The SMILES string of the molecule is C=CCC1/C=C(\C)CC(C)CC(OC)C(OCO)C(OC)CC(C)CC(=O)C(=O)N2CCCCC2C(=O)OC(/C(C)=C/C2CCC(O)C(OC)C2)C(C)C(O)CC1=O. The second-order valence-electron chi connectivity index (χ2n) is 17.3. The number of aliphatic hydroxyl groups excluding tert-OH is 3. The summed E-state index contributed by atoms with van der Waals surface area (Å²) in [5, 5.41) is 32.0. The predicted molar refractivity (Wildman–Crippen MR) is 219 cm³/mol. The Labute approximate surface area is 346 Å². The standard InChI is InChI=1S/C45H73NO12/c1-10-13-33-19-27(2)18-28(3)21-40(55-8)43(57-26-47)41(56-9)22-29(4)20-38(51)44(52)46-17-12-11-14-34(46)45(53)58-42(31(6)36(49)25-37(33)50)30(5)23-32-15-16-35(48)39(24-32)54-7/h10,19,23,28-29,31-36,39-43,47-49H,1,11-18,20-22,24-26H2,2-9H3/b27-19+,30-23+. The minimum absolute atomic E-state index is 0.0127. The monoisotopic (exact) mass is 820 g/mol. The van der Waals surface area contributed by atoms with Crippen LogP contribution in [0.3, 0.4) is 0 Å². The van der Waals surface area contributed by atoms with Gasteiger partial charge in [0.15, 0.2) is 0 Å². The van der Waals surface area contributed by atoms with Crippen LogP contribution in [0.2, 0.25) is 0 Å². The summed E-state index contributed by atoms with van der Waals surface area (Å²) in [6.07, 6.45) is 5.86. The normalized spacial score (nSPS) is 37.4. The fourth-order valence-corrected chi connectivity index (χ4v) is 9.22. The smallest absolute Gasteiger partial charge is 0.329 e. The first-order valence-corrected chi connectivity index (χ1v) is 21.3. The summed E-state index contributed by atoms with van der Waals surface area (Å²) in [5.41, 5.74) is 1.67. The molecule has 0 bridgehead atoms. The van der Waals surface area contributed by atoms with E-state index in [9.17, 15) is 34.5 Å². The molecule has 3 aliphatic rings. The molecule has 0 aromatic carbocycles. The molecule has 3 N–H and O–H groups in total. The highest BCUT2D eigenvalue weighted by Gasteiger charge is 2.41. The van der Waals surface area contributed by atoms with E-state index in [-0.39, 0.29) is 49.0 Å². The Bertz CT molecular complexity index is 1410. The van der Waals surface area contributed by atoms with E-state index >= 15 is 0 Å². The molecule has 0 aromatic rings. The molecule has 1 aliphatic carbocycles. The number of ether oxygens (including phenoxy) is 5. The van der Waals surface area contributed by atoms with Crippen molar-refractivity contribution in [1.82, 2.24) is 4.90 Å². The van der Waals surface area contributed by atoms with E-state index in [1.165, 1.54) is 12.0 Å². The Hall–Kier alpha value is -2.78. The number of rotatable bonds is 9. The lowest BCUT2D eigenvalue weighted by Crippen LogP contribution is -2.52. The minimum atomic E-state index is -1.18. The number of esters is 1. The van der Waals surface area contributed by atoms with Gasteiger partial charge >= 0.3 is 5.97 Å². The van der Waals surface area contributed by atoms with E-state index in [1.807, 2.05) is 32.9 Å². The quantitative estimate of drug-likeness (QED) is 0.119. The van der Waals surface area contributed by atoms with Crippen molar-refractivity contribution in [2.75, 3.05) is 34.7 Å². The van der Waals surface area contributed by atoms with Gasteiger partial charge < -0.3 is 43.9 Å². The van der Waals surface area contributed by atoms with Gasteiger partial charge in [-0.25, -0.2) is 4.79 Å². The number of aliphatic hydroxyl groups is 3. The fraction of sp³-hybridized carbons (Fsp3) is 0.778. The maximum atomic E-state index is 14.2. The zero-order valence-electron chi connectivity index (χ0n) is 36.3. The van der Waals surface area contributed by atoms with Gasteiger partial charge in [-0.3, -0.25) is 14.4 Å². The van der Waals surface area contributed by atoms with Crippen molar-refractivity contribution >= 4 is 23.4 Å². The summed E-state index contributed by atoms with van der Waals surface area (Å²) in [5.74, 6) is -3.71. The number of amides is 1. The molecule has 0 spiro atoms. The van der Waals surface area contributed by atoms with Crippen LogP contribution in [0.1, 0.15) is 112 Å². The molecular formula is C45H73NO12. The van der Waals surface area contributed by atoms with Gasteiger partial charge in [-0.05, 0) is 101 Å². The van der Waals surface area contributed by atoms with Gasteiger partial charge in [0.1, 0.15) is 30.8 Å². The van der Waals surface area contributed by atoms with Crippen molar-refractivity contribution < 1.29 is 58.2 Å². The van der Waals surface area contributed by atoms with E-state index < -0.39 is 79.0 Å². The van der Waals surface area contributed by atoms with Crippen LogP contribution in [0.15, 0.2) is 36.0 Å². The highest BCUT2D eigenvalue weighted by Crippen LogP contribution is 2.33. The van der Waals surface area contributed by atoms with Gasteiger partial charge in [-0.2, -0.15) is 0 Å². The molecular weight excluding hydrogens is 746 g/mol. The number of Topliss-reactive ketones (excluding diaryl/α,β-unsaturated/α-hetero) is 2. The topological polar surface area (TPSA) is 178 Å². The number of methoxy groups -OCH3 is 3. The molecule has 58 heavy (non-hydrogen) atoms. The van der Waals surface area contributed by atoms with E-state index in [2.05, 4.69) is 13.5 Å². The van der Waals surface area contributed by atoms with E-state index in [0.717, 1.165) is 5.57 Å². The number of nitrogens with zero attached hydrogens (tertiary/aromatic N) is 1. The number of allylic oxidation sites excluding steroid dienone is 4. The van der Waals surface area contributed by atoms with Gasteiger partial charge in [0, 0.05) is 52.6 Å². The summed E-state index contributed by atoms with van der Waals surface area (Å²) in [6.45, 7) is 13.0. The van der Waals surface area contributed by atoms with E-state index in [4.69, 9.17) is 23.7 Å². The zero-order chi connectivity index (χ0) is 43.1. The van der Waals surface area contributed by atoms with Crippen LogP contribution >= 0.6 is 0 Å². The van der Waals surface area contributed by atoms with E-state index in [0.29, 0.717) is 69.8 Å². The van der Waals surface area contributed by atoms with Crippen molar-refractivity contribution in [3.05, 3.63) is 36.0 Å². The lowest BCUT2D eigenvalue weighted by atomic mass is 9.81. The second-order valence-corrected chi connectivity index (χ2v) is 17.3. The molecule has 2 fully saturated rings. The predicted octanol–water partition coefficient (Wildman–Crippen LogP) is 5.28. The lowest BCUT2D eigenvalue weighted by Gasteiger charge is -2.37. The molecule has 13 atom stereocenters. The first kappa shape index (κ1) is 49.6. The molecule has 1 saturated heterocycles. The van der Waals surface area contributed by atoms with Crippen molar-refractivity contribution in [2.45, 2.75) is 160 Å². The summed E-state index contributed by atoms with van der Waals surface area (Å²) >= 11 is 0. The number of ketones is 2. The molecule has 0 radical (unpaired) electrons. The Morgan fingerprint density at radius 2 is 1.52 bits per heavy atom. The third-order valence-electron chi connectivity index (χ3n) is 12.5. The number of carbonyl (C=O) groups excluding carboxylic acids is 4. The number of piperidine rings is 1. The van der Waals surface area contributed by atoms with Crippen molar-refractivity contribution in [3.63, 3.8) is 0 Å². The Morgan fingerprint density at radius 3 is 2.12 bits per heavy atom. The third-order valence-corrected chi connectivity index (χ3v) is 12.5. The third kappa shape index (κ3) is 14.2. The van der Waals surface area contributed by atoms with Gasteiger partial charge in [-0.15, -0.1) is 6.58 Å². The maximum Gasteiger partial charge on any atom is 0.329 e. The number of hydrogen-bond acceptors (Lipinski definition) is 12. The average Bonchev–Trinajstić information content (AvgIpc) is 3.19. The molecule has 1 saturated carbocycles. The Morgan fingerprint density at radius 1 is 0.879 bits per heavy atom. The average molecular weight is 820 g/mol. The molecule has 13 nitrogen and oxygen atoms in total. The van der Waals surface area contributed by atoms with Crippen LogP contribution in [0.25, 0.3) is 0 Å². The Balaban J connectivity index is 2.06. The molecule has 2 aliphatic heterocycles. The molecule has 1 amide bonds. The highest BCUT2D eigenvalue weighted by atomic mass is 16.6. The van der Waals surface area contributed by atoms with Crippen LogP contribution in [0.5, 0.6) is 0 Å². The van der Waals surface area contributed by atoms with Gasteiger partial charge in [0.25, 0.3) is 5.91 Å². The van der Waals surface area contributed by atoms with Gasteiger partial charge in [0.05, 0.1) is 30.5 Å². The highest BCUT2D eigenvalue weighted by molar-refractivity contribution is 6.36. The Kier molecular flexibility index (Phi) is 20.9. The molecule has 13 unspecified atom stereocenters. The van der Waals surface area contributed by atoms with Gasteiger partial charge in [0.2, 0.25) is 5.78 Å². The summed E-state index contributed by atoms with van der Waals surface area (Å²) in [7, 11) is 4.68. The van der Waals surface area contributed by atoms with Crippen LogP contribution in [0.4, 0.5) is 0 Å². The first-order chi connectivity index (χ1) is 27.6. The van der Waals surface area contributed by atoms with Crippen molar-refractivity contribution in [1.29, 1.82) is 0 Å². The van der Waals surface area contributed by atoms with Crippen LogP contribution in [-0.2, 0) is 42.9 Å². The lowest BCUT2D eigenvalue weighted by molar-refractivity contribution is -0.166. The largest absolute Gasteiger partial charge is 0.456 e. The van der Waals surface area contributed by atoms with Crippen molar-refractivity contribution in [3.8, 4) is 0 Å². The van der Waals surface area contributed by atoms with Crippen LogP contribution in [0, 0.1) is 29.6 Å². The number of fused-ring (bicyclic) bond motifs is 1. The van der Waals surface area contributed by atoms with Crippen molar-refractivity contribution in [2.24, 2.45) is 29.6 Å². The fourth-order valence-electron chi connectivity index (χ4n) is 9.22. The molecule has 2 heterocycles. The number of hydrogen-bond donors (Lipinski definition) is 3. The zero-order valence-corrected chi connectivity index (χ0v) is 36.3. The van der Waals surface area contributed by atoms with Gasteiger partial charge in [-0.1, -0.05) is 44.6 Å². The van der Waals surface area contributed by atoms with E-state index in [1.54, 1.807) is 27.2 Å². The molecule has 13 heteroatoms. The minimum Gasteiger partial charge on any atom is -0.456 e. The first-order valence-electron chi connectivity index (χ1n) is 21.3. The van der Waals surface area contributed by atoms with Crippen LogP contribution < -0.4 is 0 Å². The van der Waals surface area contributed by atoms with Crippen LogP contribution in [-0.4, -0.2) is 127 Å². The number of cyclic esters (lactones) is 1. The molecule has 0 aromatic heterocycles. The molecule has 3 rings (SSSR count). The summed E-state index contributed by atoms with van der Waals surface area (Å²) in [4.78, 5) is 57.0. The summed E-state index contributed by atoms with van der Waals surface area (Å²) in [6, 6.07) is -1.00. The second kappa shape index (κ2) is 24.5.